The van der Waals surface area contributed by atoms with Gasteiger partial charge in [-0.15, -0.1) is 0 Å². The molecule has 3 atom stereocenters. The molecule has 4 N–H and O–H groups in total. The second kappa shape index (κ2) is 16.8. The number of amides is 4. The predicted molar refractivity (Wildman–Crippen MR) is 169 cm³/mol. The molecule has 2 aromatic carbocycles. The number of rotatable bonds is 10. The van der Waals surface area contributed by atoms with Crippen LogP contribution in [0.5, 0.6) is 5.75 Å². The molecule has 4 rings (SSSR count). The van der Waals surface area contributed by atoms with Crippen LogP contribution in [-0.2, 0) is 20.8 Å². The molecule has 1 saturated heterocycles. The maximum absolute atomic E-state index is 13.5. The highest BCUT2D eigenvalue weighted by atomic mass is 16.5. The van der Waals surface area contributed by atoms with Gasteiger partial charge < -0.3 is 30.9 Å². The van der Waals surface area contributed by atoms with Gasteiger partial charge in [0.15, 0.2) is 0 Å². The smallest absolute Gasteiger partial charge is 0.255 e. The van der Waals surface area contributed by atoms with Gasteiger partial charge in [0.1, 0.15) is 24.4 Å². The van der Waals surface area contributed by atoms with Gasteiger partial charge in [-0.3, -0.25) is 19.2 Å². The third-order valence-electron chi connectivity index (χ3n) is 8.01. The van der Waals surface area contributed by atoms with E-state index in [9.17, 15) is 19.2 Å². The third kappa shape index (κ3) is 10.4. The second-order valence-corrected chi connectivity index (χ2v) is 12.2. The van der Waals surface area contributed by atoms with Crippen molar-refractivity contribution in [3.63, 3.8) is 0 Å². The molecule has 2 aromatic rings. The minimum atomic E-state index is -1.12. The molecule has 238 valence electrons. The van der Waals surface area contributed by atoms with Crippen molar-refractivity contribution in [2.75, 3.05) is 32.8 Å². The van der Waals surface area contributed by atoms with E-state index in [2.05, 4.69) is 26.2 Å². The highest BCUT2D eigenvalue weighted by Gasteiger charge is 2.30. The summed E-state index contributed by atoms with van der Waals surface area (Å²) in [6.45, 7) is 7.77. The first-order valence-electron chi connectivity index (χ1n) is 15.9. The van der Waals surface area contributed by atoms with Crippen molar-refractivity contribution in [3.8, 4) is 5.75 Å². The Hall–Kier alpha value is -3.92. The summed E-state index contributed by atoms with van der Waals surface area (Å²) in [5, 5.41) is 11.6. The van der Waals surface area contributed by atoms with Crippen molar-refractivity contribution in [1.82, 2.24) is 26.2 Å². The van der Waals surface area contributed by atoms with Gasteiger partial charge in [0.25, 0.3) is 5.91 Å². The minimum absolute atomic E-state index is 0.106. The fraction of sp³-hybridized carbons (Fsp3) is 0.529. The normalized spacial score (nSPS) is 21.8. The molecule has 0 radical (unpaired) electrons. The average Bonchev–Trinajstić information content (AvgIpc) is 3.52. The summed E-state index contributed by atoms with van der Waals surface area (Å²) in [7, 11) is 0. The van der Waals surface area contributed by atoms with Gasteiger partial charge in [0.2, 0.25) is 17.7 Å². The number of benzene rings is 2. The highest BCUT2D eigenvalue weighted by Crippen LogP contribution is 2.20. The van der Waals surface area contributed by atoms with Crippen molar-refractivity contribution >= 4 is 23.6 Å². The molecule has 0 aromatic heterocycles. The van der Waals surface area contributed by atoms with E-state index in [1.807, 2.05) is 44.2 Å². The zero-order chi connectivity index (χ0) is 31.3. The molecule has 2 aliphatic heterocycles. The van der Waals surface area contributed by atoms with E-state index in [0.717, 1.165) is 38.0 Å². The number of fused-ring (bicyclic) bond motifs is 1. The topological polar surface area (TPSA) is 129 Å². The summed E-state index contributed by atoms with van der Waals surface area (Å²) in [4.78, 5) is 56.0. The molecule has 10 heteroatoms. The van der Waals surface area contributed by atoms with Gasteiger partial charge in [-0.2, -0.15) is 0 Å². The lowest BCUT2D eigenvalue weighted by Crippen LogP contribution is -2.54. The van der Waals surface area contributed by atoms with Crippen LogP contribution in [-0.4, -0.2) is 79.4 Å². The lowest BCUT2D eigenvalue weighted by atomic mass is 10.0. The van der Waals surface area contributed by atoms with E-state index in [1.54, 1.807) is 24.3 Å². The standard InChI is InChI=1S/C34H47N5O5/c1-24(2)20-28-34(43)36-26(21-25-12-4-3-5-13-25)23-44-30-15-7-6-14-27(30)32(41)38-29(22-31(40)37-28)33(42)35-16-8-9-17-39-18-10-11-19-39/h3-7,12-15,24,26,28-29H,8-11,16-23H2,1-2H3,(H,35,42)(H,36,43)(H,37,40)(H,38,41)/t26-,28+,29+/m1/s1. The number of carbonyl (C=O) groups excluding carboxylic acids is 4. The Kier molecular flexibility index (Phi) is 12.6. The number of hydrogen-bond donors (Lipinski definition) is 4. The predicted octanol–water partition coefficient (Wildman–Crippen LogP) is 2.82. The lowest BCUT2D eigenvalue weighted by molar-refractivity contribution is -0.131. The lowest BCUT2D eigenvalue weighted by Gasteiger charge is -2.27. The van der Waals surface area contributed by atoms with Crippen LogP contribution in [0.1, 0.15) is 68.3 Å². The Balaban J connectivity index is 1.51. The first-order valence-corrected chi connectivity index (χ1v) is 15.9. The van der Waals surface area contributed by atoms with Gasteiger partial charge >= 0.3 is 0 Å². The largest absolute Gasteiger partial charge is 0.491 e. The number of likely N-dealkylation sites (tertiary alicyclic amines) is 1. The minimum Gasteiger partial charge on any atom is -0.491 e. The summed E-state index contributed by atoms with van der Waals surface area (Å²) in [5.74, 6) is -1.29. The summed E-state index contributed by atoms with van der Waals surface area (Å²) >= 11 is 0. The highest BCUT2D eigenvalue weighted by molar-refractivity contribution is 6.01. The molecular weight excluding hydrogens is 558 g/mol. The van der Waals surface area contributed by atoms with Gasteiger partial charge in [0.05, 0.1) is 18.0 Å². The molecule has 4 amide bonds. The Morgan fingerprint density at radius 2 is 1.68 bits per heavy atom. The zero-order valence-electron chi connectivity index (χ0n) is 26.0. The summed E-state index contributed by atoms with van der Waals surface area (Å²) in [5.41, 5.74) is 1.26. The number of nitrogens with one attached hydrogen (secondary N) is 4. The third-order valence-corrected chi connectivity index (χ3v) is 8.01. The van der Waals surface area contributed by atoms with Crippen molar-refractivity contribution in [3.05, 3.63) is 65.7 Å². The molecule has 0 saturated carbocycles. The molecule has 0 bridgehead atoms. The van der Waals surface area contributed by atoms with Crippen LogP contribution in [0.4, 0.5) is 0 Å². The van der Waals surface area contributed by atoms with Crippen molar-refractivity contribution in [1.29, 1.82) is 0 Å². The molecule has 10 nitrogen and oxygen atoms in total. The Morgan fingerprint density at radius 1 is 0.955 bits per heavy atom. The Bertz CT molecular complexity index is 1250. The number of nitrogens with zero attached hydrogens (tertiary/aromatic N) is 1. The summed E-state index contributed by atoms with van der Waals surface area (Å²) in [6, 6.07) is 14.2. The number of para-hydroxylation sites is 1. The molecule has 44 heavy (non-hydrogen) atoms. The number of ether oxygens (including phenoxy) is 1. The fourth-order valence-corrected chi connectivity index (χ4v) is 5.71. The molecule has 0 unspecified atom stereocenters. The SMILES string of the molecule is CC(C)C[C@@H]1NC(=O)C[C@@H](C(=O)NCCCCN2CCCC2)NC(=O)c2ccccc2OC[C@@H](Cc2ccccc2)NC1=O. The van der Waals surface area contributed by atoms with Crippen LogP contribution < -0.4 is 26.0 Å². The van der Waals surface area contributed by atoms with Crippen LogP contribution in [0, 0.1) is 5.92 Å². The van der Waals surface area contributed by atoms with Gasteiger partial charge in [-0.25, -0.2) is 0 Å². The quantitative estimate of drug-likeness (QED) is 0.309. The van der Waals surface area contributed by atoms with Crippen molar-refractivity contribution < 1.29 is 23.9 Å². The summed E-state index contributed by atoms with van der Waals surface area (Å²) in [6.07, 6.45) is 4.85. The van der Waals surface area contributed by atoms with Crippen LogP contribution in [0.2, 0.25) is 0 Å². The number of unbranched alkanes of at least 4 members (excludes halogenated alkanes) is 1. The average molecular weight is 606 g/mol. The maximum atomic E-state index is 13.5. The second-order valence-electron chi connectivity index (χ2n) is 12.2. The fourth-order valence-electron chi connectivity index (χ4n) is 5.71. The Labute approximate surface area is 260 Å². The molecule has 0 spiro atoms. The van der Waals surface area contributed by atoms with Crippen LogP contribution in [0.25, 0.3) is 0 Å². The van der Waals surface area contributed by atoms with Crippen LogP contribution >= 0.6 is 0 Å². The number of hydrogen-bond acceptors (Lipinski definition) is 6. The van der Waals surface area contributed by atoms with E-state index in [0.29, 0.717) is 25.1 Å². The van der Waals surface area contributed by atoms with Crippen molar-refractivity contribution in [2.45, 2.75) is 76.9 Å². The van der Waals surface area contributed by atoms with E-state index in [-0.39, 0.29) is 30.4 Å². The van der Waals surface area contributed by atoms with Crippen LogP contribution in [0.3, 0.4) is 0 Å². The first kappa shape index (κ1) is 33.0. The number of carbonyl (C=O) groups is 4. The van der Waals surface area contributed by atoms with E-state index in [4.69, 9.17) is 4.74 Å². The Morgan fingerprint density at radius 3 is 2.43 bits per heavy atom. The van der Waals surface area contributed by atoms with E-state index in [1.165, 1.54) is 12.8 Å². The van der Waals surface area contributed by atoms with Gasteiger partial charge in [0, 0.05) is 6.54 Å². The molecule has 1 fully saturated rings. The van der Waals surface area contributed by atoms with E-state index < -0.39 is 35.8 Å². The molecular formula is C34H47N5O5. The van der Waals surface area contributed by atoms with Crippen molar-refractivity contribution in [2.24, 2.45) is 5.92 Å². The molecule has 2 aliphatic rings. The maximum Gasteiger partial charge on any atom is 0.255 e. The van der Waals surface area contributed by atoms with Crippen LogP contribution in [0.15, 0.2) is 54.6 Å². The summed E-state index contributed by atoms with van der Waals surface area (Å²) < 4.78 is 6.14. The monoisotopic (exact) mass is 605 g/mol. The van der Waals surface area contributed by atoms with Gasteiger partial charge in [-0.1, -0.05) is 56.3 Å². The van der Waals surface area contributed by atoms with Gasteiger partial charge in [-0.05, 0) is 81.8 Å². The molecule has 0 aliphatic carbocycles. The zero-order valence-corrected chi connectivity index (χ0v) is 26.0. The molecule has 2 heterocycles. The van der Waals surface area contributed by atoms with E-state index >= 15 is 0 Å². The first-order chi connectivity index (χ1) is 21.3.